The third-order valence-corrected chi connectivity index (χ3v) is 3.54. The molecule has 0 aliphatic carbocycles. The van der Waals surface area contributed by atoms with E-state index in [0.29, 0.717) is 13.0 Å². The largest absolute Gasteiger partial charge is 0.326 e. The Kier molecular flexibility index (Phi) is 5.90. The summed E-state index contributed by atoms with van der Waals surface area (Å²) in [7, 11) is 0. The Morgan fingerprint density at radius 1 is 1.33 bits per heavy atom. The van der Waals surface area contributed by atoms with Crippen molar-refractivity contribution in [1.82, 2.24) is 10.3 Å². The number of rotatable bonds is 6. The van der Waals surface area contributed by atoms with Crippen molar-refractivity contribution in [3.05, 3.63) is 58.3 Å². The van der Waals surface area contributed by atoms with E-state index in [1.54, 1.807) is 6.20 Å². The fourth-order valence-electron chi connectivity index (χ4n) is 1.92. The molecule has 0 radical (unpaired) electrons. The quantitative estimate of drug-likeness (QED) is 0.788. The van der Waals surface area contributed by atoms with Gasteiger partial charge in [0.25, 0.3) is 0 Å². The number of hydrogen-bond donors (Lipinski definition) is 2. The highest BCUT2D eigenvalue weighted by atomic mass is 79.9. The van der Waals surface area contributed by atoms with Gasteiger partial charge in [0.15, 0.2) is 0 Å². The van der Waals surface area contributed by atoms with Crippen LogP contribution in [-0.2, 0) is 11.3 Å². The van der Waals surface area contributed by atoms with Crippen LogP contribution in [-0.4, -0.2) is 17.4 Å². The van der Waals surface area contributed by atoms with E-state index in [0.717, 1.165) is 27.8 Å². The predicted molar refractivity (Wildman–Crippen MR) is 88.1 cm³/mol. The number of halogens is 1. The predicted octanol–water partition coefficient (Wildman–Crippen LogP) is 3.27. The second-order valence-corrected chi connectivity index (χ2v) is 5.71. The number of aryl methyl sites for hydroxylation is 1. The first-order chi connectivity index (χ1) is 10.1. The molecule has 2 N–H and O–H groups in total. The lowest BCUT2D eigenvalue weighted by Gasteiger charge is -2.09. The number of hydrogen-bond acceptors (Lipinski definition) is 3. The van der Waals surface area contributed by atoms with Crippen molar-refractivity contribution in [3.8, 4) is 0 Å². The van der Waals surface area contributed by atoms with Gasteiger partial charge < -0.3 is 10.6 Å². The van der Waals surface area contributed by atoms with Crippen LogP contribution in [0, 0.1) is 6.92 Å². The molecule has 110 valence electrons. The molecular formula is C16H18BrN3O. The van der Waals surface area contributed by atoms with Gasteiger partial charge in [0.05, 0.1) is 0 Å². The van der Waals surface area contributed by atoms with E-state index in [4.69, 9.17) is 0 Å². The van der Waals surface area contributed by atoms with E-state index in [-0.39, 0.29) is 5.91 Å². The van der Waals surface area contributed by atoms with Gasteiger partial charge in [-0.3, -0.25) is 9.78 Å². The molecule has 0 aliphatic rings. The molecule has 2 aromatic rings. The number of amides is 1. The summed E-state index contributed by atoms with van der Waals surface area (Å²) in [6, 6.07) is 9.71. The molecule has 4 nitrogen and oxygen atoms in total. The number of nitrogens with one attached hydrogen (secondary N) is 2. The Labute approximate surface area is 133 Å². The number of anilines is 1. The van der Waals surface area contributed by atoms with Crippen molar-refractivity contribution in [1.29, 1.82) is 0 Å². The fourth-order valence-corrected chi connectivity index (χ4v) is 2.39. The molecule has 0 fully saturated rings. The first-order valence-electron chi connectivity index (χ1n) is 6.81. The average Bonchev–Trinajstić information content (AvgIpc) is 2.48. The van der Waals surface area contributed by atoms with Crippen molar-refractivity contribution >= 4 is 27.5 Å². The zero-order valence-electron chi connectivity index (χ0n) is 11.9. The van der Waals surface area contributed by atoms with E-state index in [1.165, 1.54) is 0 Å². The maximum absolute atomic E-state index is 11.9. The SMILES string of the molecule is Cc1cc(Br)ccc1NC(=O)CCNCc1cccnc1. The summed E-state index contributed by atoms with van der Waals surface area (Å²) >= 11 is 3.41. The van der Waals surface area contributed by atoms with Crippen LogP contribution < -0.4 is 10.6 Å². The van der Waals surface area contributed by atoms with Crippen LogP contribution >= 0.6 is 15.9 Å². The molecule has 0 aliphatic heterocycles. The minimum atomic E-state index is 0.0131. The van der Waals surface area contributed by atoms with Gasteiger partial charge in [0.1, 0.15) is 0 Å². The van der Waals surface area contributed by atoms with Gasteiger partial charge in [0, 0.05) is 42.1 Å². The number of carbonyl (C=O) groups excluding carboxylic acids is 1. The minimum absolute atomic E-state index is 0.0131. The number of carbonyl (C=O) groups is 1. The monoisotopic (exact) mass is 347 g/mol. The lowest BCUT2D eigenvalue weighted by atomic mass is 10.2. The van der Waals surface area contributed by atoms with Gasteiger partial charge in [-0.15, -0.1) is 0 Å². The molecule has 1 aromatic carbocycles. The normalized spacial score (nSPS) is 10.4. The third-order valence-electron chi connectivity index (χ3n) is 3.04. The zero-order chi connectivity index (χ0) is 15.1. The first kappa shape index (κ1) is 15.7. The molecule has 2 rings (SSSR count). The van der Waals surface area contributed by atoms with Crippen LogP contribution in [0.5, 0.6) is 0 Å². The van der Waals surface area contributed by atoms with E-state index >= 15 is 0 Å². The molecule has 0 bridgehead atoms. The molecule has 5 heteroatoms. The standard InChI is InChI=1S/C16H18BrN3O/c1-12-9-14(17)4-5-15(12)20-16(21)6-8-19-11-13-3-2-7-18-10-13/h2-5,7,9-10,19H,6,8,11H2,1H3,(H,20,21). The zero-order valence-corrected chi connectivity index (χ0v) is 13.5. The molecule has 0 unspecified atom stereocenters. The van der Waals surface area contributed by atoms with Crippen LogP contribution in [0.25, 0.3) is 0 Å². The van der Waals surface area contributed by atoms with Gasteiger partial charge in [-0.2, -0.15) is 0 Å². The maximum atomic E-state index is 11.9. The molecule has 0 spiro atoms. The highest BCUT2D eigenvalue weighted by molar-refractivity contribution is 9.10. The van der Waals surface area contributed by atoms with Crippen LogP contribution in [0.2, 0.25) is 0 Å². The van der Waals surface area contributed by atoms with Gasteiger partial charge in [-0.05, 0) is 42.3 Å². The van der Waals surface area contributed by atoms with Crippen molar-refractivity contribution in [2.45, 2.75) is 19.9 Å². The third kappa shape index (κ3) is 5.28. The Balaban J connectivity index is 1.72. The minimum Gasteiger partial charge on any atom is -0.326 e. The van der Waals surface area contributed by atoms with Crippen molar-refractivity contribution < 1.29 is 4.79 Å². The Morgan fingerprint density at radius 2 is 2.19 bits per heavy atom. The van der Waals surface area contributed by atoms with Crippen LogP contribution in [0.1, 0.15) is 17.5 Å². The van der Waals surface area contributed by atoms with Gasteiger partial charge in [0.2, 0.25) is 5.91 Å². The van der Waals surface area contributed by atoms with E-state index in [1.807, 2.05) is 43.5 Å². The Hall–Kier alpha value is -1.72. The highest BCUT2D eigenvalue weighted by Crippen LogP contribution is 2.19. The molecule has 1 aromatic heterocycles. The highest BCUT2D eigenvalue weighted by Gasteiger charge is 2.04. The summed E-state index contributed by atoms with van der Waals surface area (Å²) < 4.78 is 1.01. The number of benzene rings is 1. The second-order valence-electron chi connectivity index (χ2n) is 4.80. The fraction of sp³-hybridized carbons (Fsp3) is 0.250. The van der Waals surface area contributed by atoms with E-state index in [9.17, 15) is 4.79 Å². The Bertz CT molecular complexity index is 602. The number of nitrogens with zero attached hydrogens (tertiary/aromatic N) is 1. The maximum Gasteiger partial charge on any atom is 0.225 e. The molecule has 1 amide bonds. The Morgan fingerprint density at radius 3 is 2.90 bits per heavy atom. The smallest absolute Gasteiger partial charge is 0.225 e. The molecule has 1 heterocycles. The van der Waals surface area contributed by atoms with Crippen LogP contribution in [0.3, 0.4) is 0 Å². The topological polar surface area (TPSA) is 54.0 Å². The van der Waals surface area contributed by atoms with Gasteiger partial charge >= 0.3 is 0 Å². The van der Waals surface area contributed by atoms with Crippen LogP contribution in [0.15, 0.2) is 47.2 Å². The number of aromatic nitrogens is 1. The second kappa shape index (κ2) is 7.90. The average molecular weight is 348 g/mol. The molecular weight excluding hydrogens is 330 g/mol. The summed E-state index contributed by atoms with van der Waals surface area (Å²) in [5.41, 5.74) is 3.01. The summed E-state index contributed by atoms with van der Waals surface area (Å²) in [6.07, 6.45) is 4.01. The summed E-state index contributed by atoms with van der Waals surface area (Å²) in [6.45, 7) is 3.33. The first-order valence-corrected chi connectivity index (χ1v) is 7.60. The molecule has 21 heavy (non-hydrogen) atoms. The van der Waals surface area contributed by atoms with Gasteiger partial charge in [-0.25, -0.2) is 0 Å². The molecule has 0 atom stereocenters. The number of pyridine rings is 1. The van der Waals surface area contributed by atoms with Crippen molar-refractivity contribution in [3.63, 3.8) is 0 Å². The summed E-state index contributed by atoms with van der Waals surface area (Å²) in [4.78, 5) is 15.9. The molecule has 0 saturated heterocycles. The molecule has 0 saturated carbocycles. The van der Waals surface area contributed by atoms with E-state index < -0.39 is 0 Å². The lowest BCUT2D eigenvalue weighted by Crippen LogP contribution is -2.21. The van der Waals surface area contributed by atoms with E-state index in [2.05, 4.69) is 31.5 Å². The van der Waals surface area contributed by atoms with Gasteiger partial charge in [-0.1, -0.05) is 22.0 Å². The summed E-state index contributed by atoms with van der Waals surface area (Å²) in [5, 5.41) is 6.16. The van der Waals surface area contributed by atoms with Crippen LogP contribution in [0.4, 0.5) is 5.69 Å². The van der Waals surface area contributed by atoms with Crippen molar-refractivity contribution in [2.75, 3.05) is 11.9 Å². The lowest BCUT2D eigenvalue weighted by molar-refractivity contribution is -0.116. The van der Waals surface area contributed by atoms with Crippen molar-refractivity contribution in [2.24, 2.45) is 0 Å². The summed E-state index contributed by atoms with van der Waals surface area (Å²) in [5.74, 6) is 0.0131.